The van der Waals surface area contributed by atoms with Gasteiger partial charge in [0.2, 0.25) is 15.9 Å². The molecule has 2 fully saturated rings. The van der Waals surface area contributed by atoms with Gasteiger partial charge in [-0.1, -0.05) is 6.07 Å². The molecule has 1 saturated carbocycles. The first kappa shape index (κ1) is 31.9. The van der Waals surface area contributed by atoms with Crippen molar-refractivity contribution < 1.29 is 40.4 Å². The maximum absolute atomic E-state index is 14.7. The molecule has 3 aliphatic rings. The Balaban J connectivity index is 0.000000609. The fourth-order valence-electron chi connectivity index (χ4n) is 7.36. The molecule has 8 rings (SSSR count). The number of amides is 1. The summed E-state index contributed by atoms with van der Waals surface area (Å²) < 4.78 is 88.8. The van der Waals surface area contributed by atoms with E-state index < -0.39 is 45.2 Å². The second kappa shape index (κ2) is 12.1. The number of alkyl halides is 3. The summed E-state index contributed by atoms with van der Waals surface area (Å²) in [7, 11) is -1.70. The Hall–Kier alpha value is -4.77. The van der Waals surface area contributed by atoms with E-state index >= 15 is 0 Å². The molecular formula is C35H39F3N8O5S. The lowest BCUT2D eigenvalue weighted by Crippen LogP contribution is -2.42. The molecule has 13 nitrogen and oxygen atoms in total. The van der Waals surface area contributed by atoms with Gasteiger partial charge in [-0.05, 0) is 70.6 Å². The number of nitrogens with one attached hydrogen (secondary N) is 1. The third-order valence-electron chi connectivity index (χ3n) is 10.5. The molecule has 2 aliphatic heterocycles. The summed E-state index contributed by atoms with van der Waals surface area (Å²) in [5.41, 5.74) is 4.21. The Bertz CT molecular complexity index is 2470. The van der Waals surface area contributed by atoms with Gasteiger partial charge < -0.3 is 15.0 Å². The van der Waals surface area contributed by atoms with E-state index in [1.165, 1.54) is 10.5 Å². The minimum atomic E-state index is -5.08. The number of nitrogens with zero attached hydrogens (tertiary/aromatic N) is 7. The third-order valence-corrected chi connectivity index (χ3v) is 13.2. The molecule has 4 aromatic heterocycles. The number of aryl methyl sites for hydroxylation is 1. The first-order valence-electron chi connectivity index (χ1n) is 18.3. The zero-order valence-electron chi connectivity index (χ0n) is 31.8. The van der Waals surface area contributed by atoms with Gasteiger partial charge in [0, 0.05) is 70.9 Å². The monoisotopic (exact) mass is 743 g/mol. The number of aliphatic carboxylic acids is 1. The number of H-pyrrole nitrogens is 1. The molecule has 1 amide bonds. The van der Waals surface area contributed by atoms with E-state index in [1.54, 1.807) is 24.0 Å². The van der Waals surface area contributed by atoms with Gasteiger partial charge in [0.25, 0.3) is 0 Å². The molecule has 6 heterocycles. The number of aromatic nitrogens is 6. The average molecular weight is 744 g/mol. The van der Waals surface area contributed by atoms with Crippen molar-refractivity contribution in [3.63, 3.8) is 0 Å². The van der Waals surface area contributed by atoms with Crippen molar-refractivity contribution in [2.45, 2.75) is 75.3 Å². The number of hydrogen-bond acceptors (Lipinski definition) is 7. The summed E-state index contributed by atoms with van der Waals surface area (Å²) in [4.78, 5) is 32.7. The number of likely N-dealkylation sites (N-methyl/N-ethyl adjacent to an activating group) is 1. The minimum Gasteiger partial charge on any atom is -0.475 e. The molecule has 1 unspecified atom stereocenters. The lowest BCUT2D eigenvalue weighted by molar-refractivity contribution is -0.192. The maximum Gasteiger partial charge on any atom is 0.490 e. The number of carboxylic acids is 1. The number of aromatic amines is 1. The number of benzene rings is 1. The number of carbonyl (C=O) groups is 2. The molecule has 1 saturated heterocycles. The van der Waals surface area contributed by atoms with Crippen LogP contribution in [0.1, 0.15) is 68.6 Å². The zero-order chi connectivity index (χ0) is 40.0. The van der Waals surface area contributed by atoms with Crippen molar-refractivity contribution in [3.05, 3.63) is 48.5 Å². The van der Waals surface area contributed by atoms with E-state index in [1.807, 2.05) is 50.0 Å². The number of carbonyl (C=O) groups excluding carboxylic acids is 1. The maximum atomic E-state index is 14.7. The number of rotatable bonds is 5. The van der Waals surface area contributed by atoms with Gasteiger partial charge in [-0.15, -0.1) is 0 Å². The van der Waals surface area contributed by atoms with Gasteiger partial charge in [0.05, 0.1) is 45.7 Å². The molecule has 1 spiro atoms. The van der Waals surface area contributed by atoms with Crippen LogP contribution in [-0.4, -0.2) is 90.2 Å². The highest BCUT2D eigenvalue weighted by Gasteiger charge is 2.56. The molecule has 5 aromatic rings. The van der Waals surface area contributed by atoms with E-state index in [2.05, 4.69) is 15.2 Å². The minimum absolute atomic E-state index is 0.122. The number of halogens is 3. The van der Waals surface area contributed by atoms with Crippen LogP contribution < -0.4 is 4.90 Å². The second-order valence-electron chi connectivity index (χ2n) is 14.2. The Morgan fingerprint density at radius 2 is 1.81 bits per heavy atom. The normalized spacial score (nSPS) is 21.5. The molecule has 1 aromatic carbocycles. The molecule has 276 valence electrons. The number of anilines is 1. The van der Waals surface area contributed by atoms with Crippen LogP contribution in [0, 0.1) is 0 Å². The highest BCUT2D eigenvalue weighted by atomic mass is 32.2. The lowest BCUT2D eigenvalue weighted by atomic mass is 9.74. The van der Waals surface area contributed by atoms with E-state index in [-0.39, 0.29) is 31.2 Å². The Labute approximate surface area is 301 Å². The summed E-state index contributed by atoms with van der Waals surface area (Å²) >= 11 is 0. The van der Waals surface area contributed by atoms with Crippen LogP contribution >= 0.6 is 0 Å². The van der Waals surface area contributed by atoms with Crippen LogP contribution in [0.4, 0.5) is 18.9 Å². The molecule has 2 N–H and O–H groups in total. The van der Waals surface area contributed by atoms with Gasteiger partial charge >= 0.3 is 12.1 Å². The number of pyridine rings is 1. The molecule has 52 heavy (non-hydrogen) atoms. The predicted octanol–water partition coefficient (Wildman–Crippen LogP) is 5.78. The summed E-state index contributed by atoms with van der Waals surface area (Å²) in [5.74, 6) is -3.29. The van der Waals surface area contributed by atoms with Crippen molar-refractivity contribution in [3.8, 4) is 22.4 Å². The zero-order valence-corrected chi connectivity index (χ0v) is 29.6. The molecule has 1 atom stereocenters. The fourth-order valence-corrected chi connectivity index (χ4v) is 9.31. The van der Waals surface area contributed by atoms with Gasteiger partial charge in [0.15, 0.2) is 0 Å². The van der Waals surface area contributed by atoms with Crippen LogP contribution in [0.2, 0.25) is 0 Å². The first-order chi connectivity index (χ1) is 25.6. The number of hydrogen-bond donors (Lipinski definition) is 2. The summed E-state index contributed by atoms with van der Waals surface area (Å²) in [6.45, 7) is 3.51. The molecule has 1 aliphatic carbocycles. The highest BCUT2D eigenvalue weighted by Crippen LogP contribution is 2.54. The summed E-state index contributed by atoms with van der Waals surface area (Å²) in [6.07, 6.45) is 4.05. The van der Waals surface area contributed by atoms with Gasteiger partial charge in [-0.25, -0.2) is 22.5 Å². The number of carboxylic acid groups (broad SMARTS) is 1. The Kier molecular flexibility index (Phi) is 7.46. The van der Waals surface area contributed by atoms with Crippen LogP contribution in [0.15, 0.2) is 43.0 Å². The molecule has 0 bridgehead atoms. The van der Waals surface area contributed by atoms with Crippen LogP contribution in [-0.2, 0) is 32.1 Å². The molecular weight excluding hydrogens is 701 g/mol. The quantitative estimate of drug-likeness (QED) is 0.229. The third kappa shape index (κ3) is 5.55. The number of sulfonamides is 1. The van der Waals surface area contributed by atoms with Crippen LogP contribution in [0.25, 0.3) is 44.3 Å². The smallest absolute Gasteiger partial charge is 0.475 e. The van der Waals surface area contributed by atoms with E-state index in [0.29, 0.717) is 42.3 Å². The van der Waals surface area contributed by atoms with Crippen molar-refractivity contribution in [1.82, 2.24) is 33.8 Å². The molecule has 0 radical (unpaired) electrons. The topological polar surface area (TPSA) is 159 Å². The van der Waals surface area contributed by atoms with Crippen molar-refractivity contribution >= 4 is 49.5 Å². The van der Waals surface area contributed by atoms with Crippen LogP contribution in [0.3, 0.4) is 0 Å². The lowest BCUT2D eigenvalue weighted by Gasteiger charge is -2.28. The first-order valence-corrected chi connectivity index (χ1v) is 18.2. The van der Waals surface area contributed by atoms with E-state index in [0.717, 1.165) is 38.2 Å². The van der Waals surface area contributed by atoms with Crippen molar-refractivity contribution in [2.24, 2.45) is 7.05 Å². The van der Waals surface area contributed by atoms with Gasteiger partial charge in [-0.2, -0.15) is 23.4 Å². The predicted molar refractivity (Wildman–Crippen MR) is 188 cm³/mol. The van der Waals surface area contributed by atoms with E-state index in [4.69, 9.17) is 19.0 Å². The van der Waals surface area contributed by atoms with E-state index in [9.17, 15) is 26.4 Å². The summed E-state index contributed by atoms with van der Waals surface area (Å²) in [6, 6.07) is 6.17. The fraction of sp³-hybridized carbons (Fsp3) is 0.457. The highest BCUT2D eigenvalue weighted by molar-refractivity contribution is 7.90. The SMILES string of the molecule is O=C(O)C(F)(F)F.[2H]C([2H])([2H])N1C(=O)C2(CCCN(S(=O)(=O)C3(C)CC3)CC2)c2c1cnc1[nH]c(-c3cnn(C(C)C)c3)c(-c3ccc4c(cnn4C)c3)c21. The standard InChI is InChI=1S/C33H38N8O3S.C2HF3O2/c1-20(2)41-19-23(17-36-41)29-26(21-7-8-24-22(15-21)16-35-39(24)5)27-28-25(18-34-30(27)37-29)38(4)31(42)33(28)9-6-13-40(14-12-33)45(43,44)32(3)10-11-32;3-2(4,5)1(6)7/h7-8,15-20H,6,9-14H2,1-5H3,(H,34,37);(H,6,7)/i4D3;. The second-order valence-corrected chi connectivity index (χ2v) is 16.6. The van der Waals surface area contributed by atoms with Gasteiger partial charge in [-0.3, -0.25) is 14.2 Å². The van der Waals surface area contributed by atoms with Gasteiger partial charge in [0.1, 0.15) is 5.65 Å². The van der Waals surface area contributed by atoms with Crippen molar-refractivity contribution in [2.75, 3.05) is 25.0 Å². The average Bonchev–Trinajstić information content (AvgIpc) is 3.35. The Morgan fingerprint density at radius 1 is 1.08 bits per heavy atom. The Morgan fingerprint density at radius 3 is 2.44 bits per heavy atom. The van der Waals surface area contributed by atoms with Crippen LogP contribution in [0.5, 0.6) is 0 Å². The van der Waals surface area contributed by atoms with Crippen molar-refractivity contribution in [1.29, 1.82) is 0 Å². The molecule has 17 heteroatoms. The number of fused-ring (bicyclic) bond motifs is 5. The summed E-state index contributed by atoms with van der Waals surface area (Å²) in [5, 5.41) is 17.7. The largest absolute Gasteiger partial charge is 0.490 e.